The van der Waals surface area contributed by atoms with Gasteiger partial charge in [-0.15, -0.1) is 11.3 Å². The number of amides is 1. The first-order valence-corrected chi connectivity index (χ1v) is 12.3. The minimum Gasteiger partial charge on any atom is -0.494 e. The van der Waals surface area contributed by atoms with E-state index in [1.807, 2.05) is 30.3 Å². The van der Waals surface area contributed by atoms with E-state index in [4.69, 9.17) is 19.3 Å². The number of hydrogen-bond acceptors (Lipinski definition) is 6. The number of carbonyl (C=O) groups is 1. The number of ether oxygens (including phenoxy) is 2. The molecular weight excluding hydrogens is 493 g/mol. The summed E-state index contributed by atoms with van der Waals surface area (Å²) in [5.41, 5.74) is 5.67. The van der Waals surface area contributed by atoms with Gasteiger partial charge < -0.3 is 9.47 Å². The summed E-state index contributed by atoms with van der Waals surface area (Å²) in [6, 6.07) is 7.98. The molecule has 0 saturated heterocycles. The van der Waals surface area contributed by atoms with E-state index in [2.05, 4.69) is 11.9 Å². The molecule has 1 amide bonds. The SMILES string of the molecule is C=C(OC)/C(=C\C=C(/C)C(=O)Nc1nc(C2=CCC=C(F)C=C2)c(Cc2ccc([NH2+]OC)cc2)s1)OC. The minimum absolute atomic E-state index is 0.290. The molecule has 0 fully saturated rings. The number of aromatic nitrogens is 1. The van der Waals surface area contributed by atoms with Gasteiger partial charge in [0.15, 0.2) is 22.3 Å². The van der Waals surface area contributed by atoms with Crippen LogP contribution in [0, 0.1) is 0 Å². The number of thiazole rings is 1. The van der Waals surface area contributed by atoms with Gasteiger partial charge in [-0.1, -0.05) is 36.9 Å². The van der Waals surface area contributed by atoms with Crippen LogP contribution in [0.1, 0.15) is 29.5 Å². The van der Waals surface area contributed by atoms with Crippen molar-refractivity contribution in [2.24, 2.45) is 0 Å². The third-order valence-corrected chi connectivity index (χ3v) is 6.42. The summed E-state index contributed by atoms with van der Waals surface area (Å²) in [7, 11) is 4.60. The Labute approximate surface area is 220 Å². The van der Waals surface area contributed by atoms with Crippen molar-refractivity contribution in [2.75, 3.05) is 26.6 Å². The largest absolute Gasteiger partial charge is 0.494 e. The third-order valence-electron chi connectivity index (χ3n) is 5.45. The first-order chi connectivity index (χ1) is 17.8. The summed E-state index contributed by atoms with van der Waals surface area (Å²) < 4.78 is 24.1. The average molecular weight is 525 g/mol. The fourth-order valence-corrected chi connectivity index (χ4v) is 4.43. The Balaban J connectivity index is 1.87. The molecule has 0 saturated carbocycles. The molecule has 2 aromatic rings. The highest BCUT2D eigenvalue weighted by Crippen LogP contribution is 2.32. The smallest absolute Gasteiger partial charge is 0.253 e. The van der Waals surface area contributed by atoms with Gasteiger partial charge in [-0.3, -0.25) is 10.1 Å². The van der Waals surface area contributed by atoms with E-state index in [-0.39, 0.29) is 11.7 Å². The normalized spacial score (nSPS) is 14.0. The summed E-state index contributed by atoms with van der Waals surface area (Å²) in [5, 5.41) is 3.33. The van der Waals surface area contributed by atoms with Crippen molar-refractivity contribution in [1.29, 1.82) is 0 Å². The molecule has 1 heterocycles. The van der Waals surface area contributed by atoms with Gasteiger partial charge in [-0.25, -0.2) is 14.2 Å². The van der Waals surface area contributed by atoms with E-state index in [0.717, 1.165) is 21.7 Å². The lowest BCUT2D eigenvalue weighted by molar-refractivity contribution is -0.830. The molecule has 0 atom stereocenters. The summed E-state index contributed by atoms with van der Waals surface area (Å²) in [6.07, 6.45) is 10.9. The van der Waals surface area contributed by atoms with Crippen molar-refractivity contribution < 1.29 is 29.0 Å². The van der Waals surface area contributed by atoms with Crippen molar-refractivity contribution >= 4 is 33.6 Å². The molecule has 3 N–H and O–H groups in total. The van der Waals surface area contributed by atoms with Gasteiger partial charge in [0.05, 0.1) is 27.0 Å². The number of hydrogen-bond donors (Lipinski definition) is 2. The van der Waals surface area contributed by atoms with E-state index in [9.17, 15) is 9.18 Å². The van der Waals surface area contributed by atoms with Crippen LogP contribution in [-0.4, -0.2) is 32.2 Å². The molecule has 1 aliphatic carbocycles. The Morgan fingerprint density at radius 2 is 1.92 bits per heavy atom. The van der Waals surface area contributed by atoms with E-state index in [1.165, 1.54) is 37.7 Å². The van der Waals surface area contributed by atoms with Gasteiger partial charge >= 0.3 is 0 Å². The first-order valence-electron chi connectivity index (χ1n) is 11.5. The molecule has 1 aromatic carbocycles. The number of rotatable bonds is 11. The highest BCUT2D eigenvalue weighted by Gasteiger charge is 2.17. The fraction of sp³-hybridized carbons (Fsp3) is 0.214. The molecule has 0 unspecified atom stereocenters. The summed E-state index contributed by atoms with van der Waals surface area (Å²) in [4.78, 5) is 23.6. The van der Waals surface area contributed by atoms with Crippen molar-refractivity contribution in [3.63, 3.8) is 0 Å². The Morgan fingerprint density at radius 3 is 2.59 bits per heavy atom. The quantitative estimate of drug-likeness (QED) is 0.138. The lowest BCUT2D eigenvalue weighted by Gasteiger charge is -2.07. The average Bonchev–Trinajstić information content (AvgIpc) is 3.15. The van der Waals surface area contributed by atoms with Crippen LogP contribution in [0.2, 0.25) is 0 Å². The number of allylic oxidation sites excluding steroid dienone is 8. The summed E-state index contributed by atoms with van der Waals surface area (Å²) >= 11 is 1.39. The maximum Gasteiger partial charge on any atom is 0.253 e. The number of nitrogens with one attached hydrogen (secondary N) is 1. The van der Waals surface area contributed by atoms with Crippen molar-refractivity contribution in [2.45, 2.75) is 19.8 Å². The lowest BCUT2D eigenvalue weighted by atomic mass is 10.1. The molecule has 0 aliphatic heterocycles. The van der Waals surface area contributed by atoms with Crippen LogP contribution in [0.15, 0.2) is 90.2 Å². The second-order valence-corrected chi connectivity index (χ2v) is 9.13. The van der Waals surface area contributed by atoms with Gasteiger partial charge in [0.2, 0.25) is 0 Å². The van der Waals surface area contributed by atoms with E-state index < -0.39 is 0 Å². The zero-order chi connectivity index (χ0) is 26.8. The van der Waals surface area contributed by atoms with Gasteiger partial charge in [0, 0.05) is 29.0 Å². The van der Waals surface area contributed by atoms with Crippen LogP contribution in [-0.2, 0) is 25.5 Å². The van der Waals surface area contributed by atoms with Crippen LogP contribution < -0.4 is 10.8 Å². The van der Waals surface area contributed by atoms with Crippen molar-refractivity contribution in [3.05, 3.63) is 106 Å². The minimum atomic E-state index is -0.306. The molecule has 3 rings (SSSR count). The molecule has 0 spiro atoms. The number of quaternary nitrogens is 1. The highest BCUT2D eigenvalue weighted by molar-refractivity contribution is 7.16. The number of carbonyl (C=O) groups excluding carboxylic acids is 1. The molecular formula is C28H31FN3O4S+. The maximum atomic E-state index is 13.8. The lowest BCUT2D eigenvalue weighted by Crippen LogP contribution is -2.75. The third kappa shape index (κ3) is 7.85. The molecule has 0 radical (unpaired) electrons. The summed E-state index contributed by atoms with van der Waals surface area (Å²) in [6.45, 7) is 5.44. The van der Waals surface area contributed by atoms with E-state index in [0.29, 0.717) is 40.8 Å². The van der Waals surface area contributed by atoms with E-state index >= 15 is 0 Å². The van der Waals surface area contributed by atoms with Crippen LogP contribution in [0.25, 0.3) is 5.57 Å². The highest BCUT2D eigenvalue weighted by atomic mass is 32.1. The Hall–Kier alpha value is -3.79. The van der Waals surface area contributed by atoms with Crippen molar-refractivity contribution in [3.8, 4) is 0 Å². The van der Waals surface area contributed by atoms with E-state index in [1.54, 1.807) is 37.7 Å². The molecule has 194 valence electrons. The topological polar surface area (TPSA) is 86.3 Å². The van der Waals surface area contributed by atoms with Crippen molar-refractivity contribution in [1.82, 2.24) is 4.98 Å². The number of nitrogens with zero attached hydrogens (tertiary/aromatic N) is 1. The Morgan fingerprint density at radius 1 is 1.16 bits per heavy atom. The molecule has 1 aliphatic rings. The maximum absolute atomic E-state index is 13.8. The number of benzene rings is 1. The summed E-state index contributed by atoms with van der Waals surface area (Å²) in [5.74, 6) is 0.168. The van der Waals surface area contributed by atoms with Crippen LogP contribution >= 0.6 is 11.3 Å². The molecule has 37 heavy (non-hydrogen) atoms. The van der Waals surface area contributed by atoms with Gasteiger partial charge in [0.25, 0.3) is 5.91 Å². The number of anilines is 1. The second-order valence-electron chi connectivity index (χ2n) is 8.05. The molecule has 9 heteroatoms. The second kappa shape index (κ2) is 13.5. The van der Waals surface area contributed by atoms with Crippen LogP contribution in [0.5, 0.6) is 0 Å². The molecule has 7 nitrogen and oxygen atoms in total. The van der Waals surface area contributed by atoms with Gasteiger partial charge in [-0.2, -0.15) is 5.48 Å². The Kier molecular flexibility index (Phi) is 10.1. The molecule has 1 aromatic heterocycles. The molecule has 0 bridgehead atoms. The van der Waals surface area contributed by atoms with Gasteiger partial charge in [0.1, 0.15) is 5.83 Å². The Bertz CT molecular complexity index is 1290. The zero-order valence-electron chi connectivity index (χ0n) is 21.3. The fourth-order valence-electron chi connectivity index (χ4n) is 3.41. The first kappa shape index (κ1) is 27.8. The predicted molar refractivity (Wildman–Crippen MR) is 145 cm³/mol. The van der Waals surface area contributed by atoms with Gasteiger partial charge in [-0.05, 0) is 42.7 Å². The van der Waals surface area contributed by atoms with Crippen LogP contribution in [0.4, 0.5) is 15.2 Å². The number of methoxy groups -OCH3 is 2. The van der Waals surface area contributed by atoms with Crippen LogP contribution in [0.3, 0.4) is 0 Å². The standard InChI is InChI=1S/C28H30FN3O4S/c1-18(9-16-24(35-4)19(2)34-3)27(33)31-28-30-26(21-7-6-8-22(29)13-12-21)25(37-28)17-20-10-14-23(15-11-20)32-36-5/h7-16,32H,2,6,17H2,1,3-5H3,(H,30,31,33)/p+1/b18-9+,24-16+. The number of nitrogens with two attached hydrogens (primary N) is 1. The predicted octanol–water partition coefficient (Wildman–Crippen LogP) is 5.26. The number of halogens is 1. The monoisotopic (exact) mass is 524 g/mol. The zero-order valence-corrected chi connectivity index (χ0v) is 22.2.